The third-order valence-corrected chi connectivity index (χ3v) is 5.25. The van der Waals surface area contributed by atoms with Gasteiger partial charge in [-0.25, -0.2) is 13.1 Å². The molecule has 0 saturated heterocycles. The fourth-order valence-electron chi connectivity index (χ4n) is 1.75. The number of nitrogens with one attached hydrogen (secondary N) is 1. The van der Waals surface area contributed by atoms with Crippen LogP contribution in [0.15, 0.2) is 17.0 Å². The number of thioether (sulfide) groups is 1. The Morgan fingerprint density at radius 2 is 2.00 bits per heavy atom. The molecule has 0 radical (unpaired) electrons. The van der Waals surface area contributed by atoms with Gasteiger partial charge in [-0.2, -0.15) is 11.8 Å². The molecule has 1 atom stereocenters. The van der Waals surface area contributed by atoms with Crippen LogP contribution in [0.4, 0.5) is 5.69 Å². The molecular weight excluding hydrogens is 268 g/mol. The van der Waals surface area contributed by atoms with E-state index in [-0.39, 0.29) is 10.9 Å². The van der Waals surface area contributed by atoms with E-state index in [1.54, 1.807) is 24.8 Å². The standard InChI is InChI=1S/C12H20N2O2S2/c1-8-5-11(13)6-12(10(8)3)18(15,16)14-9(2)7-17-4/h5-6,9,14H,7,13H2,1-4H3. The van der Waals surface area contributed by atoms with Crippen molar-refractivity contribution in [3.05, 3.63) is 23.3 Å². The Kier molecular flexibility index (Phi) is 5.07. The van der Waals surface area contributed by atoms with Gasteiger partial charge in [-0.1, -0.05) is 0 Å². The molecule has 0 aromatic heterocycles. The molecule has 4 nitrogen and oxygen atoms in total. The number of benzene rings is 1. The van der Waals surface area contributed by atoms with Crippen LogP contribution in [0.2, 0.25) is 0 Å². The van der Waals surface area contributed by atoms with Crippen LogP contribution in [0.25, 0.3) is 0 Å². The van der Waals surface area contributed by atoms with Crippen LogP contribution >= 0.6 is 11.8 Å². The van der Waals surface area contributed by atoms with Gasteiger partial charge in [0.1, 0.15) is 0 Å². The molecule has 102 valence electrons. The summed E-state index contributed by atoms with van der Waals surface area (Å²) < 4.78 is 27.2. The normalized spacial score (nSPS) is 13.6. The zero-order chi connectivity index (χ0) is 13.9. The maximum Gasteiger partial charge on any atom is 0.241 e. The zero-order valence-electron chi connectivity index (χ0n) is 11.1. The lowest BCUT2D eigenvalue weighted by atomic mass is 10.1. The topological polar surface area (TPSA) is 72.2 Å². The number of anilines is 1. The maximum absolute atomic E-state index is 12.3. The molecule has 0 aliphatic carbocycles. The summed E-state index contributed by atoms with van der Waals surface area (Å²) in [7, 11) is -3.50. The van der Waals surface area contributed by atoms with Crippen molar-refractivity contribution in [3.8, 4) is 0 Å². The van der Waals surface area contributed by atoms with Crippen LogP contribution in [-0.2, 0) is 10.0 Å². The lowest BCUT2D eigenvalue weighted by Crippen LogP contribution is -2.34. The summed E-state index contributed by atoms with van der Waals surface area (Å²) in [5.74, 6) is 0.736. The third kappa shape index (κ3) is 3.63. The lowest BCUT2D eigenvalue weighted by molar-refractivity contribution is 0.570. The van der Waals surface area contributed by atoms with Gasteiger partial charge in [0.05, 0.1) is 4.90 Å². The molecule has 0 heterocycles. The minimum atomic E-state index is -3.50. The second kappa shape index (κ2) is 5.95. The molecule has 0 spiro atoms. The first-order valence-electron chi connectivity index (χ1n) is 5.66. The molecule has 1 unspecified atom stereocenters. The number of aryl methyl sites for hydroxylation is 1. The van der Waals surface area contributed by atoms with Crippen molar-refractivity contribution < 1.29 is 8.42 Å². The first kappa shape index (κ1) is 15.3. The van der Waals surface area contributed by atoms with E-state index in [4.69, 9.17) is 5.73 Å². The molecule has 1 aromatic rings. The maximum atomic E-state index is 12.3. The van der Waals surface area contributed by atoms with Crippen molar-refractivity contribution in [1.82, 2.24) is 4.72 Å². The lowest BCUT2D eigenvalue weighted by Gasteiger charge is -2.16. The van der Waals surface area contributed by atoms with E-state index >= 15 is 0 Å². The summed E-state index contributed by atoms with van der Waals surface area (Å²) in [6, 6.07) is 3.18. The second-order valence-electron chi connectivity index (χ2n) is 4.44. The highest BCUT2D eigenvalue weighted by molar-refractivity contribution is 7.98. The highest BCUT2D eigenvalue weighted by atomic mass is 32.2. The summed E-state index contributed by atoms with van der Waals surface area (Å²) in [5, 5.41) is 0. The number of nitrogen functional groups attached to an aromatic ring is 1. The van der Waals surface area contributed by atoms with E-state index in [0.717, 1.165) is 16.9 Å². The Morgan fingerprint density at radius 1 is 1.39 bits per heavy atom. The van der Waals surface area contributed by atoms with Crippen LogP contribution in [-0.4, -0.2) is 26.5 Å². The molecule has 0 aliphatic heterocycles. The molecule has 1 aromatic carbocycles. The van der Waals surface area contributed by atoms with Gasteiger partial charge in [-0.15, -0.1) is 0 Å². The number of hydrogen-bond acceptors (Lipinski definition) is 4. The molecule has 0 bridgehead atoms. The van der Waals surface area contributed by atoms with E-state index in [9.17, 15) is 8.42 Å². The van der Waals surface area contributed by atoms with Crippen LogP contribution < -0.4 is 10.5 Å². The molecule has 18 heavy (non-hydrogen) atoms. The Labute approximate surface area is 113 Å². The average Bonchev–Trinajstić information content (AvgIpc) is 2.22. The Balaban J connectivity index is 3.13. The molecule has 0 amide bonds. The number of rotatable bonds is 5. The predicted molar refractivity (Wildman–Crippen MR) is 78.5 cm³/mol. The number of sulfonamides is 1. The van der Waals surface area contributed by atoms with E-state index in [1.807, 2.05) is 20.1 Å². The van der Waals surface area contributed by atoms with Crippen molar-refractivity contribution >= 4 is 27.5 Å². The summed E-state index contributed by atoms with van der Waals surface area (Å²) in [4.78, 5) is 0.271. The fourth-order valence-corrected chi connectivity index (χ4v) is 4.03. The van der Waals surface area contributed by atoms with Crippen molar-refractivity contribution in [2.45, 2.75) is 31.7 Å². The molecular formula is C12H20N2O2S2. The molecule has 1 rings (SSSR count). The highest BCUT2D eigenvalue weighted by Gasteiger charge is 2.20. The van der Waals surface area contributed by atoms with Gasteiger partial charge in [-0.3, -0.25) is 0 Å². The van der Waals surface area contributed by atoms with Crippen LogP contribution in [0.3, 0.4) is 0 Å². The largest absolute Gasteiger partial charge is 0.399 e. The average molecular weight is 288 g/mol. The van der Waals surface area contributed by atoms with E-state index in [1.165, 1.54) is 6.07 Å². The van der Waals surface area contributed by atoms with Crippen molar-refractivity contribution in [2.75, 3.05) is 17.7 Å². The summed E-state index contributed by atoms with van der Waals surface area (Å²) in [5.41, 5.74) is 7.81. The van der Waals surface area contributed by atoms with Crippen molar-refractivity contribution in [3.63, 3.8) is 0 Å². The van der Waals surface area contributed by atoms with E-state index < -0.39 is 10.0 Å². The minimum Gasteiger partial charge on any atom is -0.399 e. The first-order chi connectivity index (χ1) is 8.27. The van der Waals surface area contributed by atoms with Gasteiger partial charge in [0, 0.05) is 17.5 Å². The van der Waals surface area contributed by atoms with Gasteiger partial charge >= 0.3 is 0 Å². The third-order valence-electron chi connectivity index (χ3n) is 2.70. The quantitative estimate of drug-likeness (QED) is 0.812. The highest BCUT2D eigenvalue weighted by Crippen LogP contribution is 2.22. The van der Waals surface area contributed by atoms with Crippen LogP contribution in [0.1, 0.15) is 18.1 Å². The van der Waals surface area contributed by atoms with Gasteiger partial charge in [-0.05, 0) is 50.3 Å². The van der Waals surface area contributed by atoms with E-state index in [2.05, 4.69) is 4.72 Å². The van der Waals surface area contributed by atoms with Crippen LogP contribution in [0, 0.1) is 13.8 Å². The second-order valence-corrected chi connectivity index (χ2v) is 7.03. The van der Waals surface area contributed by atoms with Gasteiger partial charge < -0.3 is 5.73 Å². The fraction of sp³-hybridized carbons (Fsp3) is 0.500. The molecule has 6 heteroatoms. The molecule has 0 fully saturated rings. The Morgan fingerprint density at radius 3 is 2.56 bits per heavy atom. The SMILES string of the molecule is CSCC(C)NS(=O)(=O)c1cc(N)cc(C)c1C. The summed E-state index contributed by atoms with van der Waals surface area (Å²) >= 11 is 1.60. The first-order valence-corrected chi connectivity index (χ1v) is 8.53. The molecule has 0 aliphatic rings. The van der Waals surface area contributed by atoms with Crippen LogP contribution in [0.5, 0.6) is 0 Å². The predicted octanol–water partition coefficient (Wildman–Crippen LogP) is 1.92. The van der Waals surface area contributed by atoms with Crippen molar-refractivity contribution in [2.24, 2.45) is 0 Å². The molecule has 3 N–H and O–H groups in total. The minimum absolute atomic E-state index is 0.105. The molecule has 0 saturated carbocycles. The zero-order valence-corrected chi connectivity index (χ0v) is 12.8. The van der Waals surface area contributed by atoms with Gasteiger partial charge in [0.15, 0.2) is 0 Å². The summed E-state index contributed by atoms with van der Waals surface area (Å²) in [6.07, 6.45) is 1.95. The monoisotopic (exact) mass is 288 g/mol. The summed E-state index contributed by atoms with van der Waals surface area (Å²) in [6.45, 7) is 5.50. The van der Waals surface area contributed by atoms with Gasteiger partial charge in [0.25, 0.3) is 0 Å². The van der Waals surface area contributed by atoms with Crippen molar-refractivity contribution in [1.29, 1.82) is 0 Å². The van der Waals surface area contributed by atoms with E-state index in [0.29, 0.717) is 5.69 Å². The number of hydrogen-bond donors (Lipinski definition) is 2. The Hall–Kier alpha value is -0.720. The van der Waals surface area contributed by atoms with Gasteiger partial charge in [0.2, 0.25) is 10.0 Å². The number of nitrogens with two attached hydrogens (primary N) is 1. The Bertz CT molecular complexity index is 527. The smallest absolute Gasteiger partial charge is 0.241 e.